The van der Waals surface area contributed by atoms with Gasteiger partial charge in [-0.3, -0.25) is 4.79 Å². The molecule has 15 heavy (non-hydrogen) atoms. The minimum Gasteiger partial charge on any atom is -0.385 e. The van der Waals surface area contributed by atoms with E-state index in [0.717, 1.165) is 12.1 Å². The number of carbonyl (C=O) groups is 1. The van der Waals surface area contributed by atoms with E-state index in [9.17, 15) is 18.7 Å². The van der Waals surface area contributed by atoms with Crippen LogP contribution in [0.4, 0.5) is 8.78 Å². The first kappa shape index (κ1) is 12.3. The summed E-state index contributed by atoms with van der Waals surface area (Å²) in [4.78, 5) is 10.7. The van der Waals surface area contributed by atoms with Gasteiger partial charge in [0.15, 0.2) is 5.78 Å². The maximum atomic E-state index is 13.2. The molecule has 0 fully saturated rings. The van der Waals surface area contributed by atoms with Crippen molar-refractivity contribution < 1.29 is 18.7 Å². The van der Waals surface area contributed by atoms with Gasteiger partial charge in [-0.1, -0.05) is 15.9 Å². The highest BCUT2D eigenvalue weighted by Gasteiger charge is 2.17. The lowest BCUT2D eigenvalue weighted by Gasteiger charge is -2.09. The Morgan fingerprint density at radius 1 is 1.47 bits per heavy atom. The summed E-state index contributed by atoms with van der Waals surface area (Å²) in [7, 11) is 0. The molecule has 0 amide bonds. The molecule has 1 unspecified atom stereocenters. The van der Waals surface area contributed by atoms with Crippen LogP contribution in [0.25, 0.3) is 0 Å². The van der Waals surface area contributed by atoms with Crippen molar-refractivity contribution in [2.75, 3.05) is 0 Å². The second-order valence-corrected chi connectivity index (χ2v) is 4.09. The van der Waals surface area contributed by atoms with Crippen LogP contribution in [-0.2, 0) is 11.2 Å². The number of hydrogen-bond acceptors (Lipinski definition) is 2. The maximum absolute atomic E-state index is 13.2. The standard InChI is InChI=1S/C10H9BrF2O2/c1-5(14)10(15)4-7-8(12)2-6(11)3-9(7)13/h2-3,10,15H,4H2,1H3. The van der Waals surface area contributed by atoms with Gasteiger partial charge in [-0.15, -0.1) is 0 Å². The van der Waals surface area contributed by atoms with Crippen LogP contribution in [-0.4, -0.2) is 17.0 Å². The Balaban J connectivity index is 3.00. The van der Waals surface area contributed by atoms with Gasteiger partial charge >= 0.3 is 0 Å². The Labute approximate surface area is 94.0 Å². The molecule has 0 radical (unpaired) electrons. The highest BCUT2D eigenvalue weighted by Crippen LogP contribution is 2.20. The average Bonchev–Trinajstić information content (AvgIpc) is 2.10. The number of aliphatic hydroxyl groups is 1. The fourth-order valence-electron chi connectivity index (χ4n) is 1.10. The Hall–Kier alpha value is -0.810. The van der Waals surface area contributed by atoms with Gasteiger partial charge in [0.1, 0.15) is 17.7 Å². The third-order valence-electron chi connectivity index (χ3n) is 1.97. The van der Waals surface area contributed by atoms with Gasteiger partial charge in [0.25, 0.3) is 0 Å². The van der Waals surface area contributed by atoms with Crippen molar-refractivity contribution >= 4 is 21.7 Å². The van der Waals surface area contributed by atoms with Gasteiger partial charge in [-0.05, 0) is 19.1 Å². The van der Waals surface area contributed by atoms with Crippen molar-refractivity contribution in [3.05, 3.63) is 33.8 Å². The zero-order valence-electron chi connectivity index (χ0n) is 7.93. The first-order valence-corrected chi connectivity index (χ1v) is 5.03. The predicted molar refractivity (Wildman–Crippen MR) is 54.4 cm³/mol. The van der Waals surface area contributed by atoms with E-state index in [0.29, 0.717) is 0 Å². The van der Waals surface area contributed by atoms with E-state index < -0.39 is 23.5 Å². The summed E-state index contributed by atoms with van der Waals surface area (Å²) < 4.78 is 26.8. The fourth-order valence-corrected chi connectivity index (χ4v) is 1.51. The molecular weight excluding hydrogens is 270 g/mol. The largest absolute Gasteiger partial charge is 0.385 e. The molecule has 82 valence electrons. The molecule has 0 saturated carbocycles. The molecule has 5 heteroatoms. The lowest BCUT2D eigenvalue weighted by atomic mass is 10.0. The molecular formula is C10H9BrF2O2. The van der Waals surface area contributed by atoms with Crippen LogP contribution in [0.1, 0.15) is 12.5 Å². The fraction of sp³-hybridized carbons (Fsp3) is 0.300. The van der Waals surface area contributed by atoms with Crippen molar-refractivity contribution in [1.82, 2.24) is 0 Å². The zero-order chi connectivity index (χ0) is 11.6. The van der Waals surface area contributed by atoms with Crippen LogP contribution >= 0.6 is 15.9 Å². The molecule has 0 saturated heterocycles. The summed E-state index contributed by atoms with van der Waals surface area (Å²) >= 11 is 2.93. The second-order valence-electron chi connectivity index (χ2n) is 3.18. The first-order chi connectivity index (χ1) is 6.91. The van der Waals surface area contributed by atoms with Crippen molar-refractivity contribution in [3.63, 3.8) is 0 Å². The third kappa shape index (κ3) is 3.07. The average molecular weight is 279 g/mol. The smallest absolute Gasteiger partial charge is 0.158 e. The molecule has 2 nitrogen and oxygen atoms in total. The van der Waals surface area contributed by atoms with E-state index in [1.165, 1.54) is 6.92 Å². The molecule has 0 aromatic heterocycles. The number of rotatable bonds is 3. The van der Waals surface area contributed by atoms with E-state index in [1.807, 2.05) is 0 Å². The van der Waals surface area contributed by atoms with Crippen LogP contribution in [0.15, 0.2) is 16.6 Å². The molecule has 1 atom stereocenters. The maximum Gasteiger partial charge on any atom is 0.158 e. The second kappa shape index (κ2) is 4.81. The van der Waals surface area contributed by atoms with Crippen molar-refractivity contribution in [1.29, 1.82) is 0 Å². The summed E-state index contributed by atoms with van der Waals surface area (Å²) in [6.07, 6.45) is -1.71. The van der Waals surface area contributed by atoms with Crippen molar-refractivity contribution in [3.8, 4) is 0 Å². The quantitative estimate of drug-likeness (QED) is 0.921. The molecule has 0 aliphatic heterocycles. The number of carbonyl (C=O) groups excluding carboxylic acids is 1. The van der Waals surface area contributed by atoms with Crippen LogP contribution < -0.4 is 0 Å². The van der Waals surface area contributed by atoms with E-state index >= 15 is 0 Å². The van der Waals surface area contributed by atoms with Crippen molar-refractivity contribution in [2.24, 2.45) is 0 Å². The lowest BCUT2D eigenvalue weighted by Crippen LogP contribution is -2.21. The van der Waals surface area contributed by atoms with Crippen LogP contribution in [0.5, 0.6) is 0 Å². The van der Waals surface area contributed by atoms with E-state index in [4.69, 9.17) is 0 Å². The number of halogens is 3. The molecule has 0 aliphatic carbocycles. The topological polar surface area (TPSA) is 37.3 Å². The third-order valence-corrected chi connectivity index (χ3v) is 2.43. The summed E-state index contributed by atoms with van der Waals surface area (Å²) in [5.41, 5.74) is -0.277. The van der Waals surface area contributed by atoms with Gasteiger partial charge in [0, 0.05) is 16.5 Å². The molecule has 0 aliphatic rings. The highest BCUT2D eigenvalue weighted by atomic mass is 79.9. The molecule has 0 spiro atoms. The van der Waals surface area contributed by atoms with Crippen LogP contribution in [0.2, 0.25) is 0 Å². The monoisotopic (exact) mass is 278 g/mol. The molecule has 1 aromatic carbocycles. The van der Waals surface area contributed by atoms with Gasteiger partial charge in [0.2, 0.25) is 0 Å². The van der Waals surface area contributed by atoms with Crippen LogP contribution in [0.3, 0.4) is 0 Å². The summed E-state index contributed by atoms with van der Waals surface area (Å²) in [5, 5.41) is 9.20. The molecule has 1 aromatic rings. The molecule has 0 heterocycles. The molecule has 1 N–H and O–H groups in total. The Morgan fingerprint density at radius 3 is 2.33 bits per heavy atom. The summed E-state index contributed by atoms with van der Waals surface area (Å²) in [6.45, 7) is 1.17. The Bertz CT molecular complexity index is 370. The normalized spacial score (nSPS) is 12.6. The number of Topliss-reactive ketones (excluding diaryl/α,β-unsaturated/α-hetero) is 1. The number of hydrogen-bond donors (Lipinski definition) is 1. The Kier molecular flexibility index (Phi) is 3.93. The highest BCUT2D eigenvalue weighted by molar-refractivity contribution is 9.10. The van der Waals surface area contributed by atoms with E-state index in [1.54, 1.807) is 0 Å². The Morgan fingerprint density at radius 2 is 1.93 bits per heavy atom. The lowest BCUT2D eigenvalue weighted by molar-refractivity contribution is -0.124. The first-order valence-electron chi connectivity index (χ1n) is 4.23. The minimum absolute atomic E-state index is 0.276. The van der Waals surface area contributed by atoms with Gasteiger partial charge in [0.05, 0.1) is 0 Å². The summed E-state index contributed by atoms with van der Waals surface area (Å²) in [6, 6.07) is 2.18. The summed E-state index contributed by atoms with van der Waals surface area (Å²) in [5.74, 6) is -2.07. The van der Waals surface area contributed by atoms with E-state index in [2.05, 4.69) is 15.9 Å². The molecule has 0 bridgehead atoms. The zero-order valence-corrected chi connectivity index (χ0v) is 9.51. The minimum atomic E-state index is -1.37. The van der Waals surface area contributed by atoms with Crippen LogP contribution in [0, 0.1) is 11.6 Å². The van der Waals surface area contributed by atoms with Gasteiger partial charge in [-0.25, -0.2) is 8.78 Å². The van der Waals surface area contributed by atoms with Gasteiger partial charge in [-0.2, -0.15) is 0 Å². The number of aliphatic hydroxyl groups excluding tert-OH is 1. The molecule has 1 rings (SSSR count). The number of benzene rings is 1. The van der Waals surface area contributed by atoms with Gasteiger partial charge < -0.3 is 5.11 Å². The van der Waals surface area contributed by atoms with Crippen molar-refractivity contribution in [2.45, 2.75) is 19.4 Å². The SMILES string of the molecule is CC(=O)C(O)Cc1c(F)cc(Br)cc1F. The predicted octanol–water partition coefficient (Wildman–Crippen LogP) is 2.22. The van der Waals surface area contributed by atoms with E-state index in [-0.39, 0.29) is 16.5 Å². The number of ketones is 1.